The highest BCUT2D eigenvalue weighted by molar-refractivity contribution is 7.22. The molecule has 1 aliphatic carbocycles. The number of thiazole rings is 1. The number of hydrogen-bond donors (Lipinski definition) is 5. The first-order valence-corrected chi connectivity index (χ1v) is 24.1. The molecular formula is C52H52N8O7S. The number of carboxylic acid groups (broad SMARTS) is 1. The van der Waals surface area contributed by atoms with Gasteiger partial charge in [-0.25, -0.2) is 14.8 Å². The minimum atomic E-state index is -1.13. The molecule has 1 saturated carbocycles. The van der Waals surface area contributed by atoms with Gasteiger partial charge in [-0.15, -0.1) is 0 Å². The first-order chi connectivity index (χ1) is 32.9. The number of nitrogens with one attached hydrogen (secondary N) is 3. The number of carbonyl (C=O) groups excluding carboxylic acids is 3. The fraction of sp³-hybridized carbons (Fsp3) is 0.327. The summed E-state index contributed by atoms with van der Waals surface area (Å²) in [7, 11) is 1.82. The van der Waals surface area contributed by atoms with Crippen LogP contribution in [0.2, 0.25) is 0 Å². The highest BCUT2D eigenvalue weighted by Crippen LogP contribution is 2.38. The summed E-state index contributed by atoms with van der Waals surface area (Å²) in [6.45, 7) is 2.95. The molecule has 2 unspecified atom stereocenters. The number of aliphatic hydroxyl groups is 1. The average Bonchev–Trinajstić information content (AvgIpc) is 3.90. The van der Waals surface area contributed by atoms with Crippen LogP contribution < -0.4 is 25.6 Å². The molecule has 2 aliphatic heterocycles. The predicted molar refractivity (Wildman–Crippen MR) is 261 cm³/mol. The van der Waals surface area contributed by atoms with E-state index in [-0.39, 0.29) is 29.5 Å². The lowest BCUT2D eigenvalue weighted by atomic mass is 9.84. The molecule has 7 aromatic rings. The molecule has 68 heavy (non-hydrogen) atoms. The average molecular weight is 933 g/mol. The molecule has 1 saturated heterocycles. The Balaban J connectivity index is 0.748. The smallest absolute Gasteiger partial charge is 0.355 e. The van der Waals surface area contributed by atoms with Crippen molar-refractivity contribution in [1.82, 2.24) is 25.1 Å². The molecular weight excluding hydrogens is 881 g/mol. The lowest BCUT2D eigenvalue weighted by Gasteiger charge is -2.31. The second-order valence-corrected chi connectivity index (χ2v) is 19.1. The Morgan fingerprint density at radius 1 is 0.897 bits per heavy atom. The highest BCUT2D eigenvalue weighted by Gasteiger charge is 2.32. The number of hydrogen-bond acceptors (Lipinski definition) is 11. The van der Waals surface area contributed by atoms with Crippen LogP contribution in [0.1, 0.15) is 101 Å². The molecule has 0 bridgehead atoms. The molecule has 4 aromatic carbocycles. The van der Waals surface area contributed by atoms with Crippen LogP contribution in [0.25, 0.3) is 32.2 Å². The molecule has 16 heteroatoms. The number of benzene rings is 4. The van der Waals surface area contributed by atoms with Crippen LogP contribution >= 0.6 is 11.3 Å². The number of anilines is 3. The summed E-state index contributed by atoms with van der Waals surface area (Å²) in [5, 5.41) is 35.0. The van der Waals surface area contributed by atoms with Crippen molar-refractivity contribution in [3.05, 3.63) is 125 Å². The van der Waals surface area contributed by atoms with E-state index in [1.807, 2.05) is 110 Å². The summed E-state index contributed by atoms with van der Waals surface area (Å²) < 4.78 is 9.31. The normalized spacial score (nSPS) is 19.3. The van der Waals surface area contributed by atoms with Crippen LogP contribution in [0.5, 0.6) is 5.75 Å². The first-order valence-electron chi connectivity index (χ1n) is 23.2. The van der Waals surface area contributed by atoms with Gasteiger partial charge in [-0.1, -0.05) is 47.7 Å². The van der Waals surface area contributed by atoms with Crippen molar-refractivity contribution < 1.29 is 34.1 Å². The molecule has 15 nitrogen and oxygen atoms in total. The summed E-state index contributed by atoms with van der Waals surface area (Å²) in [5.41, 5.74) is 7.49. The Labute approximate surface area is 396 Å². The van der Waals surface area contributed by atoms with Gasteiger partial charge in [0.1, 0.15) is 17.8 Å². The maximum atomic E-state index is 13.6. The van der Waals surface area contributed by atoms with Crippen molar-refractivity contribution >= 4 is 72.8 Å². The number of aryl methyl sites for hydroxylation is 1. The third-order valence-corrected chi connectivity index (χ3v) is 14.7. The zero-order chi connectivity index (χ0) is 47.1. The number of aromatic carboxylic acids is 1. The molecule has 0 spiro atoms. The van der Waals surface area contributed by atoms with E-state index in [4.69, 9.17) is 9.72 Å². The number of nitrogens with zero attached hydrogens (tertiary/aromatic N) is 5. The van der Waals surface area contributed by atoms with Crippen molar-refractivity contribution in [2.75, 3.05) is 22.1 Å². The summed E-state index contributed by atoms with van der Waals surface area (Å²) in [4.78, 5) is 63.5. The van der Waals surface area contributed by atoms with Gasteiger partial charge in [0.15, 0.2) is 10.8 Å². The van der Waals surface area contributed by atoms with Gasteiger partial charge in [0.2, 0.25) is 11.8 Å². The Kier molecular flexibility index (Phi) is 12.4. The molecule has 0 radical (unpaired) electrons. The van der Waals surface area contributed by atoms with E-state index in [0.717, 1.165) is 75.5 Å². The minimum absolute atomic E-state index is 0.0103. The van der Waals surface area contributed by atoms with Crippen LogP contribution in [0.15, 0.2) is 91.0 Å². The number of aromatic nitrogens is 4. The topological polar surface area (TPSA) is 201 Å². The highest BCUT2D eigenvalue weighted by atomic mass is 32.1. The van der Waals surface area contributed by atoms with Gasteiger partial charge in [-0.05, 0) is 141 Å². The molecule has 5 heterocycles. The number of ether oxygens (including phenoxy) is 1. The molecule has 348 valence electrons. The third-order valence-electron chi connectivity index (χ3n) is 13.7. The number of carboxylic acids is 1. The number of aliphatic hydroxyl groups excluding tert-OH is 1. The number of amides is 3. The molecule has 3 aromatic heterocycles. The van der Waals surface area contributed by atoms with E-state index in [9.17, 15) is 29.4 Å². The van der Waals surface area contributed by atoms with Gasteiger partial charge in [-0.2, -0.15) is 5.10 Å². The van der Waals surface area contributed by atoms with E-state index < -0.39 is 18.1 Å². The molecule has 10 rings (SSSR count). The Morgan fingerprint density at radius 2 is 1.72 bits per heavy atom. The fourth-order valence-electron chi connectivity index (χ4n) is 10.1. The van der Waals surface area contributed by atoms with E-state index in [1.54, 1.807) is 4.68 Å². The van der Waals surface area contributed by atoms with Crippen LogP contribution in [0.4, 0.5) is 16.6 Å². The van der Waals surface area contributed by atoms with Crippen LogP contribution in [-0.2, 0) is 29.6 Å². The number of fused-ring (bicyclic) bond motifs is 3. The van der Waals surface area contributed by atoms with Gasteiger partial charge in [0, 0.05) is 48.8 Å². The lowest BCUT2D eigenvalue weighted by Crippen LogP contribution is -2.42. The van der Waals surface area contributed by atoms with Crippen molar-refractivity contribution in [1.29, 1.82) is 0 Å². The van der Waals surface area contributed by atoms with Gasteiger partial charge in [0.05, 0.1) is 33.4 Å². The van der Waals surface area contributed by atoms with E-state index in [0.29, 0.717) is 83.9 Å². The maximum Gasteiger partial charge on any atom is 0.355 e. The number of rotatable bonds is 12. The molecule has 2 fully saturated rings. The lowest BCUT2D eigenvalue weighted by molar-refractivity contribution is -0.128. The zero-order valence-electron chi connectivity index (χ0n) is 37.8. The van der Waals surface area contributed by atoms with Crippen molar-refractivity contribution in [2.24, 2.45) is 13.0 Å². The summed E-state index contributed by atoms with van der Waals surface area (Å²) in [5.74, 6) is -0.493. The van der Waals surface area contributed by atoms with Crippen LogP contribution in [0.3, 0.4) is 0 Å². The number of carbonyl (C=O) groups is 4. The summed E-state index contributed by atoms with van der Waals surface area (Å²) >= 11 is 1.43. The monoisotopic (exact) mass is 932 g/mol. The van der Waals surface area contributed by atoms with Gasteiger partial charge in [0.25, 0.3) is 5.91 Å². The number of pyridine rings is 1. The fourth-order valence-corrected chi connectivity index (χ4v) is 10.9. The van der Waals surface area contributed by atoms with E-state index in [1.165, 1.54) is 11.3 Å². The standard InChI is InChI=1S/C52H52N8O7S/c1-29-34(35-20-22-44(55-48(35)51(65)66)60-26-25-31-7-5-9-36(39(31)28-60)49(63)57-52-54-40-10-3-4-12-43(40)68-52)8-6-11-42(29)67-33-17-13-30(14-18-33)15-23-45(61)53-32-16-19-37-41(27-32)59(2)58-47(37)38-21-24-46(62)56-50(38)64/h3-12,16,19-20,22,27,30,33,38,46,62H,13-15,17-18,21,23-26,28H2,1-2H3,(H,53,61)(H,56,64)(H,65,66)(H,54,57,63). The van der Waals surface area contributed by atoms with E-state index in [2.05, 4.69) is 26.0 Å². The van der Waals surface area contributed by atoms with Crippen molar-refractivity contribution in [2.45, 2.75) is 89.5 Å². The Hall–Kier alpha value is -7.17. The summed E-state index contributed by atoms with van der Waals surface area (Å²) in [6, 6.07) is 28.5. The maximum absolute atomic E-state index is 13.6. The van der Waals surface area contributed by atoms with Crippen molar-refractivity contribution in [3.8, 4) is 16.9 Å². The minimum Gasteiger partial charge on any atom is -0.490 e. The zero-order valence-corrected chi connectivity index (χ0v) is 38.6. The number of piperidine rings is 1. The largest absolute Gasteiger partial charge is 0.490 e. The second-order valence-electron chi connectivity index (χ2n) is 18.1. The third kappa shape index (κ3) is 9.13. The van der Waals surface area contributed by atoms with Gasteiger partial charge < -0.3 is 30.5 Å². The van der Waals surface area contributed by atoms with E-state index >= 15 is 0 Å². The first kappa shape index (κ1) is 44.7. The van der Waals surface area contributed by atoms with Gasteiger partial charge in [-0.3, -0.25) is 24.4 Å². The quantitative estimate of drug-likeness (QED) is 0.0785. The SMILES string of the molecule is Cc1c(OC2CCC(CCC(=O)Nc3ccc4c(C5CCC(O)NC5=O)nn(C)c4c3)CC2)cccc1-c1ccc(N2CCc3cccc(C(=O)Nc4nc5ccccc5s4)c3C2)nc1C(=O)O. The molecule has 3 aliphatic rings. The molecule has 2 atom stereocenters. The van der Waals surface area contributed by atoms with Crippen LogP contribution in [0, 0.1) is 12.8 Å². The van der Waals surface area contributed by atoms with Crippen molar-refractivity contribution in [3.63, 3.8) is 0 Å². The molecule has 3 amide bonds. The van der Waals surface area contributed by atoms with Crippen LogP contribution in [-0.4, -0.2) is 72.5 Å². The second kappa shape index (κ2) is 18.8. The van der Waals surface area contributed by atoms with Gasteiger partial charge >= 0.3 is 5.97 Å². The Morgan fingerprint density at radius 3 is 2.53 bits per heavy atom. The summed E-state index contributed by atoms with van der Waals surface area (Å²) in [6.07, 6.45) is 5.51. The Bertz CT molecular complexity index is 3070. The predicted octanol–water partition coefficient (Wildman–Crippen LogP) is 8.74. The molecule has 5 N–H and O–H groups in total. The number of para-hydroxylation sites is 1.